The standard InChI is InChI=1S/C26H27Cl2N3O/c1-30(2)22-10-7-19(8-11-22)25(31-14-13-18-5-3-4-6-21(18)17-31)16-29-26(32)20-9-12-23(27)24(28)15-20/h3-12,15,25H,13-14,16-17H2,1-2H3,(H,29,32). The van der Waals surface area contributed by atoms with Crippen molar-refractivity contribution in [2.24, 2.45) is 0 Å². The Morgan fingerprint density at radius 1 is 1.00 bits per heavy atom. The maximum absolute atomic E-state index is 12.8. The van der Waals surface area contributed by atoms with E-state index < -0.39 is 0 Å². The minimum atomic E-state index is -0.157. The van der Waals surface area contributed by atoms with Gasteiger partial charge in [0.2, 0.25) is 0 Å². The quantitative estimate of drug-likeness (QED) is 0.513. The summed E-state index contributed by atoms with van der Waals surface area (Å²) >= 11 is 12.1. The second-order valence-electron chi connectivity index (χ2n) is 8.33. The van der Waals surface area contributed by atoms with Crippen LogP contribution in [0.15, 0.2) is 66.7 Å². The molecule has 6 heteroatoms. The van der Waals surface area contributed by atoms with Gasteiger partial charge >= 0.3 is 0 Å². The summed E-state index contributed by atoms with van der Waals surface area (Å²) in [5.74, 6) is -0.157. The van der Waals surface area contributed by atoms with Crippen molar-refractivity contribution in [2.75, 3.05) is 32.1 Å². The Hall–Kier alpha value is -2.53. The van der Waals surface area contributed by atoms with Gasteiger partial charge in [-0.05, 0) is 53.4 Å². The van der Waals surface area contributed by atoms with Crippen LogP contribution in [-0.4, -0.2) is 38.0 Å². The van der Waals surface area contributed by atoms with E-state index in [-0.39, 0.29) is 11.9 Å². The molecule has 1 aliphatic heterocycles. The Morgan fingerprint density at radius 3 is 2.41 bits per heavy atom. The van der Waals surface area contributed by atoms with Gasteiger partial charge in [0, 0.05) is 45.0 Å². The van der Waals surface area contributed by atoms with Crippen molar-refractivity contribution in [1.82, 2.24) is 10.2 Å². The number of hydrogen-bond acceptors (Lipinski definition) is 3. The van der Waals surface area contributed by atoms with Crippen LogP contribution in [0.25, 0.3) is 0 Å². The SMILES string of the molecule is CN(C)c1ccc(C(CNC(=O)c2ccc(Cl)c(Cl)c2)N2CCc3ccccc3C2)cc1. The highest BCUT2D eigenvalue weighted by Crippen LogP contribution is 2.29. The topological polar surface area (TPSA) is 35.6 Å². The number of fused-ring (bicyclic) bond motifs is 1. The number of nitrogens with zero attached hydrogens (tertiary/aromatic N) is 2. The molecule has 0 saturated heterocycles. The highest BCUT2D eigenvalue weighted by Gasteiger charge is 2.25. The number of amides is 1. The summed E-state index contributed by atoms with van der Waals surface area (Å²) in [6.07, 6.45) is 1.00. The summed E-state index contributed by atoms with van der Waals surface area (Å²) in [6, 6.07) is 22.2. The molecule has 166 valence electrons. The van der Waals surface area contributed by atoms with Crippen LogP contribution in [0.5, 0.6) is 0 Å². The number of anilines is 1. The number of halogens is 2. The molecule has 0 bridgehead atoms. The Bertz CT molecular complexity index is 1100. The van der Waals surface area contributed by atoms with Crippen LogP contribution in [0.3, 0.4) is 0 Å². The number of rotatable bonds is 6. The Morgan fingerprint density at radius 2 is 1.72 bits per heavy atom. The first-order chi connectivity index (χ1) is 15.4. The summed E-state index contributed by atoms with van der Waals surface area (Å²) in [5.41, 5.74) is 5.60. The van der Waals surface area contributed by atoms with Crippen molar-refractivity contribution >= 4 is 34.8 Å². The van der Waals surface area contributed by atoms with E-state index in [1.807, 2.05) is 14.1 Å². The lowest BCUT2D eigenvalue weighted by Crippen LogP contribution is -2.40. The Balaban J connectivity index is 1.56. The zero-order chi connectivity index (χ0) is 22.7. The second kappa shape index (κ2) is 9.95. The third kappa shape index (κ3) is 5.09. The fourth-order valence-corrected chi connectivity index (χ4v) is 4.46. The molecular weight excluding hydrogens is 441 g/mol. The van der Waals surface area contributed by atoms with Crippen LogP contribution < -0.4 is 10.2 Å². The van der Waals surface area contributed by atoms with E-state index in [4.69, 9.17) is 23.2 Å². The molecule has 1 aliphatic rings. The van der Waals surface area contributed by atoms with Crippen LogP contribution in [-0.2, 0) is 13.0 Å². The highest BCUT2D eigenvalue weighted by atomic mass is 35.5. The van der Waals surface area contributed by atoms with Crippen molar-refractivity contribution in [3.8, 4) is 0 Å². The molecule has 4 rings (SSSR count). The first kappa shape index (κ1) is 22.7. The third-order valence-electron chi connectivity index (χ3n) is 6.03. The van der Waals surface area contributed by atoms with Crippen molar-refractivity contribution in [1.29, 1.82) is 0 Å². The monoisotopic (exact) mass is 467 g/mol. The van der Waals surface area contributed by atoms with Crippen molar-refractivity contribution in [3.05, 3.63) is 99.0 Å². The molecule has 1 unspecified atom stereocenters. The van der Waals surface area contributed by atoms with Gasteiger partial charge in [0.15, 0.2) is 0 Å². The van der Waals surface area contributed by atoms with E-state index in [0.717, 1.165) is 25.2 Å². The number of hydrogen-bond donors (Lipinski definition) is 1. The van der Waals surface area contributed by atoms with Gasteiger partial charge in [0.25, 0.3) is 5.91 Å². The fraction of sp³-hybridized carbons (Fsp3) is 0.269. The summed E-state index contributed by atoms with van der Waals surface area (Å²) in [4.78, 5) is 17.4. The molecule has 32 heavy (non-hydrogen) atoms. The van der Waals surface area contributed by atoms with Crippen LogP contribution in [0.1, 0.15) is 33.1 Å². The van der Waals surface area contributed by atoms with Gasteiger partial charge in [-0.3, -0.25) is 9.69 Å². The number of benzene rings is 3. The molecule has 0 aromatic heterocycles. The summed E-state index contributed by atoms with van der Waals surface area (Å²) in [5, 5.41) is 3.93. The maximum Gasteiger partial charge on any atom is 0.251 e. The molecule has 4 nitrogen and oxygen atoms in total. The van der Waals surface area contributed by atoms with Gasteiger partial charge in [0.05, 0.1) is 16.1 Å². The van der Waals surface area contributed by atoms with Gasteiger partial charge in [-0.15, -0.1) is 0 Å². The molecule has 0 aliphatic carbocycles. The lowest BCUT2D eigenvalue weighted by Gasteiger charge is -2.36. The van der Waals surface area contributed by atoms with Crippen LogP contribution in [0.4, 0.5) is 5.69 Å². The smallest absolute Gasteiger partial charge is 0.251 e. The summed E-state index contributed by atoms with van der Waals surface area (Å²) < 4.78 is 0. The molecule has 1 amide bonds. The van der Waals surface area contributed by atoms with Gasteiger partial charge in [-0.1, -0.05) is 59.6 Å². The van der Waals surface area contributed by atoms with Crippen molar-refractivity contribution in [2.45, 2.75) is 19.0 Å². The Labute approximate surface area is 199 Å². The van der Waals surface area contributed by atoms with Gasteiger partial charge in [-0.2, -0.15) is 0 Å². The maximum atomic E-state index is 12.8. The van der Waals surface area contributed by atoms with E-state index in [1.54, 1.807) is 18.2 Å². The van der Waals surface area contributed by atoms with E-state index in [0.29, 0.717) is 22.2 Å². The summed E-state index contributed by atoms with van der Waals surface area (Å²) in [6.45, 7) is 2.31. The molecule has 1 heterocycles. The molecule has 0 saturated carbocycles. The molecule has 0 radical (unpaired) electrons. The first-order valence-electron chi connectivity index (χ1n) is 10.7. The molecule has 0 spiro atoms. The average molecular weight is 468 g/mol. The lowest BCUT2D eigenvalue weighted by molar-refractivity contribution is 0.0927. The van der Waals surface area contributed by atoms with E-state index >= 15 is 0 Å². The highest BCUT2D eigenvalue weighted by molar-refractivity contribution is 6.42. The average Bonchev–Trinajstić information content (AvgIpc) is 2.81. The zero-order valence-corrected chi connectivity index (χ0v) is 19.8. The van der Waals surface area contributed by atoms with Crippen molar-refractivity contribution in [3.63, 3.8) is 0 Å². The predicted molar refractivity (Wildman–Crippen MR) is 133 cm³/mol. The van der Waals surface area contributed by atoms with E-state index in [1.165, 1.54) is 16.7 Å². The van der Waals surface area contributed by atoms with Crippen LogP contribution >= 0.6 is 23.2 Å². The molecule has 1 N–H and O–H groups in total. The van der Waals surface area contributed by atoms with E-state index in [9.17, 15) is 4.79 Å². The largest absolute Gasteiger partial charge is 0.378 e. The van der Waals surface area contributed by atoms with Crippen molar-refractivity contribution < 1.29 is 4.79 Å². The second-order valence-corrected chi connectivity index (χ2v) is 9.14. The number of carbonyl (C=O) groups is 1. The first-order valence-corrected chi connectivity index (χ1v) is 11.5. The van der Waals surface area contributed by atoms with Gasteiger partial charge in [-0.25, -0.2) is 0 Å². The molecule has 1 atom stereocenters. The van der Waals surface area contributed by atoms with Crippen LogP contribution in [0, 0.1) is 0 Å². The minimum absolute atomic E-state index is 0.0614. The normalized spacial score (nSPS) is 14.5. The molecule has 3 aromatic rings. The summed E-state index contributed by atoms with van der Waals surface area (Å²) in [7, 11) is 4.07. The third-order valence-corrected chi connectivity index (χ3v) is 6.77. The number of carbonyl (C=O) groups excluding carboxylic acids is 1. The molecule has 3 aromatic carbocycles. The number of nitrogens with one attached hydrogen (secondary N) is 1. The zero-order valence-electron chi connectivity index (χ0n) is 18.3. The molecular formula is C26H27Cl2N3O. The van der Waals surface area contributed by atoms with Crippen LogP contribution in [0.2, 0.25) is 10.0 Å². The Kier molecular flexibility index (Phi) is 7.04. The lowest BCUT2D eigenvalue weighted by atomic mass is 9.96. The van der Waals surface area contributed by atoms with E-state index in [2.05, 4.69) is 63.6 Å². The predicted octanol–water partition coefficient (Wildman–Crippen LogP) is 5.59. The minimum Gasteiger partial charge on any atom is -0.378 e. The van der Waals surface area contributed by atoms with Gasteiger partial charge in [0.1, 0.15) is 0 Å². The van der Waals surface area contributed by atoms with Gasteiger partial charge < -0.3 is 10.2 Å². The fourth-order valence-electron chi connectivity index (χ4n) is 4.16. The molecule has 0 fully saturated rings.